The molecule has 39 heavy (non-hydrogen) atoms. The Labute approximate surface area is 225 Å². The highest BCUT2D eigenvalue weighted by Gasteiger charge is 2.40. The zero-order valence-electron chi connectivity index (χ0n) is 21.0. The number of nitrogens with one attached hydrogen (secondary N) is 1. The molecule has 1 N–H and O–H groups in total. The summed E-state index contributed by atoms with van der Waals surface area (Å²) >= 11 is 6.18. The number of ether oxygens (including phenoxy) is 1. The van der Waals surface area contributed by atoms with Crippen molar-refractivity contribution in [3.05, 3.63) is 87.8 Å². The third kappa shape index (κ3) is 5.10. The summed E-state index contributed by atoms with van der Waals surface area (Å²) in [7, 11) is 1.70. The summed E-state index contributed by atoms with van der Waals surface area (Å²) in [5.74, 6) is -1.45. The maximum atomic E-state index is 14.0. The van der Waals surface area contributed by atoms with Crippen LogP contribution in [0.2, 0.25) is 5.02 Å². The first-order valence-corrected chi connectivity index (χ1v) is 12.5. The molecule has 2 aromatic carbocycles. The van der Waals surface area contributed by atoms with Crippen LogP contribution in [0.5, 0.6) is 5.75 Å². The standard InChI is InChI=1S/C27H24ClF4N5O2/c1-3-37-13-21(25(34-37)27(30,31)32)19-8-15(12-36-7-6-35(2)26(36)33)9-20-23(38)17(14-39-24(19)20)10-16-4-5-18(29)11-22(16)28/h4-9,11,13,17,33H,3,10,12,14H2,1-2H3. The Balaban J connectivity index is 1.63. The Morgan fingerprint density at radius 1 is 1.15 bits per heavy atom. The summed E-state index contributed by atoms with van der Waals surface area (Å²) in [5.41, 5.74) is 0.218. The number of Topliss-reactive ketones (excluding diaryl/α,β-unsaturated/α-hetero) is 1. The van der Waals surface area contributed by atoms with E-state index in [9.17, 15) is 22.4 Å². The number of ketones is 1. The van der Waals surface area contributed by atoms with Crippen molar-refractivity contribution in [3.8, 4) is 16.9 Å². The fourth-order valence-electron chi connectivity index (χ4n) is 4.74. The van der Waals surface area contributed by atoms with Crippen LogP contribution in [0.1, 0.15) is 34.1 Å². The molecule has 0 amide bonds. The maximum Gasteiger partial charge on any atom is 0.435 e. The molecule has 1 atom stereocenters. The van der Waals surface area contributed by atoms with Gasteiger partial charge in [0.05, 0.1) is 24.6 Å². The summed E-state index contributed by atoms with van der Waals surface area (Å²) in [5, 5.41) is 12.1. The van der Waals surface area contributed by atoms with E-state index in [0.717, 1.165) is 6.07 Å². The molecule has 0 saturated carbocycles. The normalized spacial score (nSPS) is 15.4. The number of aryl methyl sites for hydroxylation is 2. The second-order valence-corrected chi connectivity index (χ2v) is 9.84. The smallest absolute Gasteiger partial charge is 0.435 e. The van der Waals surface area contributed by atoms with Gasteiger partial charge in [-0.25, -0.2) is 4.39 Å². The van der Waals surface area contributed by atoms with Gasteiger partial charge in [0, 0.05) is 48.3 Å². The van der Waals surface area contributed by atoms with Gasteiger partial charge in [-0.05, 0) is 48.7 Å². The van der Waals surface area contributed by atoms with Crippen molar-refractivity contribution in [1.82, 2.24) is 18.9 Å². The minimum atomic E-state index is -4.73. The molecule has 0 radical (unpaired) electrons. The third-order valence-electron chi connectivity index (χ3n) is 6.77. The van der Waals surface area contributed by atoms with E-state index in [2.05, 4.69) is 5.10 Å². The van der Waals surface area contributed by atoms with Crippen LogP contribution in [0, 0.1) is 17.1 Å². The van der Waals surface area contributed by atoms with Crippen molar-refractivity contribution in [3.63, 3.8) is 0 Å². The molecule has 0 aliphatic carbocycles. The number of rotatable bonds is 6. The van der Waals surface area contributed by atoms with Crippen molar-refractivity contribution in [1.29, 1.82) is 5.41 Å². The Bertz CT molecular complexity index is 1640. The topological polar surface area (TPSA) is 77.8 Å². The molecule has 12 heteroatoms. The molecule has 1 aliphatic rings. The first-order valence-electron chi connectivity index (χ1n) is 12.2. The molecule has 3 heterocycles. The van der Waals surface area contributed by atoms with E-state index in [0.29, 0.717) is 11.1 Å². The van der Waals surface area contributed by atoms with Crippen molar-refractivity contribution < 1.29 is 27.1 Å². The number of hydrogen-bond acceptors (Lipinski definition) is 4. The molecule has 4 aromatic rings. The molecule has 0 saturated heterocycles. The largest absolute Gasteiger partial charge is 0.491 e. The summed E-state index contributed by atoms with van der Waals surface area (Å²) in [6, 6.07) is 7.05. The molecule has 7 nitrogen and oxygen atoms in total. The number of alkyl halides is 3. The predicted octanol–water partition coefficient (Wildman–Crippen LogP) is 5.48. The monoisotopic (exact) mass is 561 g/mol. The summed E-state index contributed by atoms with van der Waals surface area (Å²) in [6.45, 7) is 1.95. The lowest BCUT2D eigenvalue weighted by Crippen LogP contribution is -2.30. The van der Waals surface area contributed by atoms with Gasteiger partial charge in [-0.2, -0.15) is 18.3 Å². The van der Waals surface area contributed by atoms with E-state index in [1.807, 2.05) is 0 Å². The van der Waals surface area contributed by atoms with E-state index in [4.69, 9.17) is 21.7 Å². The Morgan fingerprint density at radius 3 is 2.54 bits per heavy atom. The molecular formula is C27H24ClF4N5O2. The second kappa shape index (κ2) is 10.0. The lowest BCUT2D eigenvalue weighted by molar-refractivity contribution is -0.141. The maximum absolute atomic E-state index is 14.0. The molecular weight excluding hydrogens is 538 g/mol. The molecule has 2 aromatic heterocycles. The second-order valence-electron chi connectivity index (χ2n) is 9.44. The van der Waals surface area contributed by atoms with Gasteiger partial charge in [-0.15, -0.1) is 0 Å². The van der Waals surface area contributed by atoms with Gasteiger partial charge in [0.25, 0.3) is 0 Å². The fourth-order valence-corrected chi connectivity index (χ4v) is 4.99. The highest BCUT2D eigenvalue weighted by molar-refractivity contribution is 6.31. The highest BCUT2D eigenvalue weighted by atomic mass is 35.5. The van der Waals surface area contributed by atoms with Crippen LogP contribution in [-0.4, -0.2) is 31.3 Å². The van der Waals surface area contributed by atoms with Gasteiger partial charge in [0.15, 0.2) is 11.5 Å². The van der Waals surface area contributed by atoms with Gasteiger partial charge in [-0.1, -0.05) is 17.7 Å². The van der Waals surface area contributed by atoms with Crippen LogP contribution in [0.3, 0.4) is 0 Å². The minimum absolute atomic E-state index is 0.0514. The van der Waals surface area contributed by atoms with E-state index in [1.165, 1.54) is 23.0 Å². The SMILES string of the molecule is CCn1cc(-c2cc(Cn3ccn(C)c3=N)cc3c2OCC(Cc2ccc(F)cc2Cl)C3=O)c(C(F)(F)F)n1. The molecule has 204 valence electrons. The molecule has 0 fully saturated rings. The van der Waals surface area contributed by atoms with Crippen molar-refractivity contribution in [2.75, 3.05) is 6.61 Å². The number of halogens is 5. The number of carbonyl (C=O) groups is 1. The number of hydrogen-bond donors (Lipinski definition) is 1. The molecule has 0 spiro atoms. The Hall–Kier alpha value is -3.86. The average Bonchev–Trinajstić information content (AvgIpc) is 3.46. The Morgan fingerprint density at radius 2 is 1.90 bits per heavy atom. The molecule has 5 rings (SSSR count). The molecule has 0 bridgehead atoms. The van der Waals surface area contributed by atoms with Crippen molar-refractivity contribution >= 4 is 17.4 Å². The lowest BCUT2D eigenvalue weighted by atomic mass is 9.86. The number of carbonyl (C=O) groups excluding carboxylic acids is 1. The van der Waals surface area contributed by atoms with E-state index < -0.39 is 23.6 Å². The molecule has 1 aliphatic heterocycles. The van der Waals surface area contributed by atoms with Gasteiger partial charge in [0.1, 0.15) is 11.6 Å². The van der Waals surface area contributed by atoms with Crippen LogP contribution in [0.25, 0.3) is 11.1 Å². The first kappa shape index (κ1) is 26.7. The van der Waals surface area contributed by atoms with Gasteiger partial charge < -0.3 is 13.9 Å². The summed E-state index contributed by atoms with van der Waals surface area (Å²) in [6.07, 6.45) is 0.0946. The van der Waals surface area contributed by atoms with Crippen LogP contribution < -0.4 is 10.4 Å². The predicted molar refractivity (Wildman–Crippen MR) is 135 cm³/mol. The van der Waals surface area contributed by atoms with Gasteiger partial charge in [-0.3, -0.25) is 14.9 Å². The van der Waals surface area contributed by atoms with Crippen molar-refractivity contribution in [2.24, 2.45) is 13.0 Å². The van der Waals surface area contributed by atoms with E-state index in [1.54, 1.807) is 47.6 Å². The van der Waals surface area contributed by atoms with Gasteiger partial charge >= 0.3 is 6.18 Å². The van der Waals surface area contributed by atoms with Crippen LogP contribution in [-0.2, 0) is 32.7 Å². The number of fused-ring (bicyclic) bond motifs is 1. The zero-order valence-corrected chi connectivity index (χ0v) is 21.8. The van der Waals surface area contributed by atoms with Crippen LogP contribution in [0.4, 0.5) is 17.6 Å². The number of benzene rings is 2. The summed E-state index contributed by atoms with van der Waals surface area (Å²) < 4.78 is 65.9. The number of aromatic nitrogens is 4. The van der Waals surface area contributed by atoms with Crippen LogP contribution >= 0.6 is 11.6 Å². The van der Waals surface area contributed by atoms with Crippen LogP contribution in [0.15, 0.2) is 48.9 Å². The van der Waals surface area contributed by atoms with E-state index in [-0.39, 0.29) is 65.0 Å². The van der Waals surface area contributed by atoms with Crippen molar-refractivity contribution in [2.45, 2.75) is 32.6 Å². The zero-order chi connectivity index (χ0) is 28.1. The fraction of sp³-hybridized carbons (Fsp3) is 0.296. The third-order valence-corrected chi connectivity index (χ3v) is 7.12. The number of nitrogens with zero attached hydrogens (tertiary/aromatic N) is 4. The lowest BCUT2D eigenvalue weighted by Gasteiger charge is -2.27. The minimum Gasteiger partial charge on any atom is -0.491 e. The first-order chi connectivity index (χ1) is 18.5. The molecule has 1 unspecified atom stereocenters. The summed E-state index contributed by atoms with van der Waals surface area (Å²) in [4.78, 5) is 13.7. The number of imidazole rings is 1. The van der Waals surface area contributed by atoms with Gasteiger partial charge in [0.2, 0.25) is 5.62 Å². The quantitative estimate of drug-likeness (QED) is 0.317. The van der Waals surface area contributed by atoms with E-state index >= 15 is 0 Å². The Kier molecular flexibility index (Phi) is 6.88. The highest BCUT2D eigenvalue weighted by Crippen LogP contribution is 2.44. The average molecular weight is 562 g/mol.